The first kappa shape index (κ1) is 29.9. The van der Waals surface area contributed by atoms with E-state index in [0.717, 1.165) is 11.1 Å². The van der Waals surface area contributed by atoms with Crippen LogP contribution in [0.3, 0.4) is 0 Å². The van der Waals surface area contributed by atoms with Gasteiger partial charge in [-0.15, -0.1) is 5.11 Å². The molecule has 4 aromatic carbocycles. The highest BCUT2D eigenvalue weighted by Crippen LogP contribution is 2.30. The summed E-state index contributed by atoms with van der Waals surface area (Å²) in [4.78, 5) is 25.6. The Labute approximate surface area is 247 Å². The minimum Gasteiger partial charge on any atom is -0.322 e. The highest BCUT2D eigenvalue weighted by atomic mass is 16.2. The predicted molar refractivity (Wildman–Crippen MR) is 173 cm³/mol. The highest BCUT2D eigenvalue weighted by molar-refractivity contribution is 6.05. The van der Waals surface area contributed by atoms with Crippen molar-refractivity contribution < 1.29 is 9.59 Å². The van der Waals surface area contributed by atoms with Gasteiger partial charge in [0.2, 0.25) is 11.8 Å². The number of rotatable bonds is 10. The maximum Gasteiger partial charge on any atom is 0.248 e. The lowest BCUT2D eigenvalue weighted by Crippen LogP contribution is -2.10. The van der Waals surface area contributed by atoms with Crippen LogP contribution in [-0.2, 0) is 9.59 Å². The zero-order valence-electron chi connectivity index (χ0n) is 24.4. The standard InChI is InChI=1S/C36H36N4O2/c1-25(2)29-16-10-27(11-17-29)14-22-35(41)37-32-20-21-33(40-39-31-8-6-5-7-9-31)34(24-32)38-36(42)23-15-28-12-18-30(19-13-28)26(3)4/h5-26H,1-4H3,(H,37,41)(H,38,42). The molecule has 0 aliphatic carbocycles. The first-order valence-corrected chi connectivity index (χ1v) is 14.1. The maximum atomic E-state index is 12.9. The van der Waals surface area contributed by atoms with Crippen LogP contribution < -0.4 is 10.6 Å². The number of carbonyl (C=O) groups excluding carboxylic acids is 2. The van der Waals surface area contributed by atoms with Crippen LogP contribution >= 0.6 is 0 Å². The second-order valence-corrected chi connectivity index (χ2v) is 10.6. The van der Waals surface area contributed by atoms with Gasteiger partial charge in [-0.3, -0.25) is 9.59 Å². The predicted octanol–water partition coefficient (Wildman–Crippen LogP) is 9.65. The Morgan fingerprint density at radius 1 is 0.619 bits per heavy atom. The molecule has 0 unspecified atom stereocenters. The van der Waals surface area contributed by atoms with Crippen LogP contribution in [0.15, 0.2) is 119 Å². The van der Waals surface area contributed by atoms with E-state index in [4.69, 9.17) is 0 Å². The van der Waals surface area contributed by atoms with Crippen molar-refractivity contribution in [1.82, 2.24) is 0 Å². The maximum absolute atomic E-state index is 12.9. The van der Waals surface area contributed by atoms with Gasteiger partial charge < -0.3 is 10.6 Å². The molecule has 0 aliphatic rings. The molecule has 0 aliphatic heterocycles. The Hall–Kier alpha value is -5.10. The average Bonchev–Trinajstić information content (AvgIpc) is 2.99. The van der Waals surface area contributed by atoms with Crippen molar-refractivity contribution in [3.8, 4) is 0 Å². The third-order valence-electron chi connectivity index (χ3n) is 6.61. The summed E-state index contributed by atoms with van der Waals surface area (Å²) in [6.45, 7) is 8.57. The van der Waals surface area contributed by atoms with Gasteiger partial charge in [-0.05, 0) is 76.6 Å². The molecule has 4 aromatic rings. The quantitative estimate of drug-likeness (QED) is 0.151. The summed E-state index contributed by atoms with van der Waals surface area (Å²) in [5, 5.41) is 14.4. The minimum atomic E-state index is -0.327. The molecule has 2 amide bonds. The third kappa shape index (κ3) is 8.96. The van der Waals surface area contributed by atoms with Crippen LogP contribution in [0.2, 0.25) is 0 Å². The van der Waals surface area contributed by atoms with Crippen molar-refractivity contribution in [3.63, 3.8) is 0 Å². The van der Waals surface area contributed by atoms with Crippen LogP contribution in [0, 0.1) is 0 Å². The zero-order chi connectivity index (χ0) is 29.9. The van der Waals surface area contributed by atoms with E-state index in [2.05, 4.69) is 72.8 Å². The monoisotopic (exact) mass is 556 g/mol. The van der Waals surface area contributed by atoms with Gasteiger partial charge in [0.25, 0.3) is 0 Å². The molecule has 2 N–H and O–H groups in total. The smallest absolute Gasteiger partial charge is 0.248 e. The largest absolute Gasteiger partial charge is 0.322 e. The lowest BCUT2D eigenvalue weighted by atomic mass is 10.0. The Bertz CT molecular complexity index is 1580. The summed E-state index contributed by atoms with van der Waals surface area (Å²) < 4.78 is 0. The summed E-state index contributed by atoms with van der Waals surface area (Å²) in [6.07, 6.45) is 6.48. The second-order valence-electron chi connectivity index (χ2n) is 10.6. The molecule has 6 nitrogen and oxygen atoms in total. The normalized spacial score (nSPS) is 11.7. The van der Waals surface area contributed by atoms with Crippen LogP contribution in [0.25, 0.3) is 12.2 Å². The molecule has 4 rings (SSSR count). The van der Waals surface area contributed by atoms with Gasteiger partial charge in [0, 0.05) is 17.8 Å². The number of hydrogen-bond donors (Lipinski definition) is 2. The molecular weight excluding hydrogens is 520 g/mol. The van der Waals surface area contributed by atoms with Gasteiger partial charge >= 0.3 is 0 Å². The number of nitrogens with zero attached hydrogens (tertiary/aromatic N) is 2. The van der Waals surface area contributed by atoms with E-state index < -0.39 is 0 Å². The molecule has 42 heavy (non-hydrogen) atoms. The van der Waals surface area contributed by atoms with E-state index in [1.54, 1.807) is 30.4 Å². The molecular formula is C36H36N4O2. The van der Waals surface area contributed by atoms with Crippen LogP contribution in [0.5, 0.6) is 0 Å². The summed E-state index contributed by atoms with van der Waals surface area (Å²) >= 11 is 0. The molecule has 0 heterocycles. The zero-order valence-corrected chi connectivity index (χ0v) is 24.4. The molecule has 0 radical (unpaired) electrons. The molecule has 0 aromatic heterocycles. The van der Waals surface area contributed by atoms with Crippen LogP contribution in [0.4, 0.5) is 22.7 Å². The summed E-state index contributed by atoms with van der Waals surface area (Å²) in [6, 6.07) is 30.6. The van der Waals surface area contributed by atoms with Crippen molar-refractivity contribution in [2.24, 2.45) is 10.2 Å². The van der Waals surface area contributed by atoms with Crippen LogP contribution in [-0.4, -0.2) is 11.8 Å². The molecule has 0 spiro atoms. The van der Waals surface area contributed by atoms with Gasteiger partial charge in [-0.25, -0.2) is 0 Å². The molecule has 0 saturated heterocycles. The highest BCUT2D eigenvalue weighted by Gasteiger charge is 2.09. The summed E-state index contributed by atoms with van der Waals surface area (Å²) in [5.41, 5.74) is 6.42. The lowest BCUT2D eigenvalue weighted by Gasteiger charge is -2.10. The molecule has 0 bridgehead atoms. The molecule has 212 valence electrons. The van der Waals surface area contributed by atoms with E-state index >= 15 is 0 Å². The number of amides is 2. The van der Waals surface area contributed by atoms with E-state index in [0.29, 0.717) is 34.6 Å². The number of benzene rings is 4. The van der Waals surface area contributed by atoms with Crippen LogP contribution in [0.1, 0.15) is 61.8 Å². The van der Waals surface area contributed by atoms with Gasteiger partial charge in [-0.1, -0.05) is 94.4 Å². The summed E-state index contributed by atoms with van der Waals surface area (Å²) in [5.74, 6) is 0.271. The molecule has 0 atom stereocenters. The third-order valence-corrected chi connectivity index (χ3v) is 6.61. The van der Waals surface area contributed by atoms with E-state index in [1.807, 2.05) is 54.6 Å². The Morgan fingerprint density at radius 3 is 1.67 bits per heavy atom. The van der Waals surface area contributed by atoms with E-state index in [9.17, 15) is 9.59 Å². The van der Waals surface area contributed by atoms with Crippen molar-refractivity contribution in [2.45, 2.75) is 39.5 Å². The molecule has 0 saturated carbocycles. The van der Waals surface area contributed by atoms with Gasteiger partial charge in [0.05, 0.1) is 11.4 Å². The SMILES string of the molecule is CC(C)c1ccc(C=CC(=O)Nc2ccc(N=Nc3ccccc3)c(NC(=O)C=Cc3ccc(C(C)C)cc3)c2)cc1. The van der Waals surface area contributed by atoms with Crippen molar-refractivity contribution in [2.75, 3.05) is 10.6 Å². The number of anilines is 2. The Morgan fingerprint density at radius 2 is 1.14 bits per heavy atom. The fraction of sp³-hybridized carbons (Fsp3) is 0.167. The fourth-order valence-electron chi connectivity index (χ4n) is 4.09. The topological polar surface area (TPSA) is 82.9 Å². The minimum absolute atomic E-state index is 0.288. The van der Waals surface area contributed by atoms with Crippen molar-refractivity contribution in [3.05, 3.63) is 131 Å². The van der Waals surface area contributed by atoms with E-state index in [1.165, 1.54) is 23.3 Å². The van der Waals surface area contributed by atoms with Gasteiger partial charge in [0.15, 0.2) is 0 Å². The molecule has 0 fully saturated rings. The van der Waals surface area contributed by atoms with Gasteiger partial charge in [-0.2, -0.15) is 5.11 Å². The second kappa shape index (κ2) is 14.5. The van der Waals surface area contributed by atoms with E-state index in [-0.39, 0.29) is 11.8 Å². The number of azo groups is 1. The number of hydrogen-bond acceptors (Lipinski definition) is 4. The molecule has 6 heteroatoms. The average molecular weight is 557 g/mol. The Kier molecular flexibility index (Phi) is 10.3. The van der Waals surface area contributed by atoms with Crippen molar-refractivity contribution in [1.29, 1.82) is 0 Å². The first-order valence-electron chi connectivity index (χ1n) is 14.1. The fourth-order valence-corrected chi connectivity index (χ4v) is 4.09. The van der Waals surface area contributed by atoms with Crippen molar-refractivity contribution >= 4 is 46.7 Å². The number of nitrogens with one attached hydrogen (secondary N) is 2. The first-order chi connectivity index (χ1) is 20.3. The Balaban J connectivity index is 1.50. The number of carbonyl (C=O) groups is 2. The lowest BCUT2D eigenvalue weighted by molar-refractivity contribution is -0.112. The van der Waals surface area contributed by atoms with Gasteiger partial charge in [0.1, 0.15) is 5.69 Å². The summed E-state index contributed by atoms with van der Waals surface area (Å²) in [7, 11) is 0.